The van der Waals surface area contributed by atoms with Crippen molar-refractivity contribution < 1.29 is 31.9 Å². The molecule has 3 heterocycles. The molecule has 0 aromatic carbocycles. The fourth-order valence-electron chi connectivity index (χ4n) is 2.70. The van der Waals surface area contributed by atoms with Crippen molar-refractivity contribution in [3.05, 3.63) is 73.5 Å². The van der Waals surface area contributed by atoms with Crippen LogP contribution in [-0.2, 0) is 24.4 Å². The highest BCUT2D eigenvalue weighted by Gasteiger charge is 2.38. The number of hydrogen-bond acceptors (Lipinski definition) is 6. The predicted octanol–water partition coefficient (Wildman–Crippen LogP) is 2.75. The summed E-state index contributed by atoms with van der Waals surface area (Å²) in [6.45, 7) is 2.08. The summed E-state index contributed by atoms with van der Waals surface area (Å²) in [4.78, 5) is 33.9. The molecule has 3 N–H and O–H groups in total. The van der Waals surface area contributed by atoms with Gasteiger partial charge in [-0.25, -0.2) is 14.3 Å². The maximum Gasteiger partial charge on any atom is 0.490 e. The fourth-order valence-corrected chi connectivity index (χ4v) is 3.59. The van der Waals surface area contributed by atoms with Gasteiger partial charge < -0.3 is 15.4 Å². The van der Waals surface area contributed by atoms with Gasteiger partial charge in [0.05, 0.1) is 13.1 Å². The van der Waals surface area contributed by atoms with Gasteiger partial charge in [-0.05, 0) is 35.6 Å². The van der Waals surface area contributed by atoms with E-state index in [9.17, 15) is 31.5 Å². The average Bonchev–Trinajstić information content (AvgIpc) is 3.39. The van der Waals surface area contributed by atoms with E-state index in [1.54, 1.807) is 16.8 Å². The van der Waals surface area contributed by atoms with Crippen LogP contribution >= 0.6 is 11.3 Å². The van der Waals surface area contributed by atoms with Gasteiger partial charge >= 0.3 is 17.8 Å². The third-order valence-corrected chi connectivity index (χ3v) is 5.45. The molecule has 0 spiro atoms. The SMILES string of the molecule is CCn1cc(-c2csc(Cn3cnn(CC(CN)=C(F)F)c3=O)c2)ccc1=O.O=C(O)C(F)(F)F. The summed E-state index contributed by atoms with van der Waals surface area (Å²) in [6.07, 6.45) is -3.85. The molecule has 0 saturated carbocycles. The lowest BCUT2D eigenvalue weighted by molar-refractivity contribution is -0.192. The van der Waals surface area contributed by atoms with Crippen molar-refractivity contribution in [2.75, 3.05) is 6.54 Å². The largest absolute Gasteiger partial charge is 0.490 e. The number of aromatic nitrogens is 4. The molecule has 0 aliphatic heterocycles. The summed E-state index contributed by atoms with van der Waals surface area (Å²) in [6, 6.07) is 5.22. The molecule has 9 nitrogen and oxygen atoms in total. The lowest BCUT2D eigenvalue weighted by atomic mass is 10.1. The lowest BCUT2D eigenvalue weighted by Gasteiger charge is -2.04. The Labute approximate surface area is 198 Å². The number of thiophene rings is 1. The monoisotopic (exact) mass is 521 g/mol. The van der Waals surface area contributed by atoms with Gasteiger partial charge in [0.15, 0.2) is 0 Å². The van der Waals surface area contributed by atoms with Crippen molar-refractivity contribution in [2.24, 2.45) is 5.73 Å². The Morgan fingerprint density at radius 1 is 1.17 bits per heavy atom. The van der Waals surface area contributed by atoms with Crippen LogP contribution in [-0.4, -0.2) is 42.7 Å². The van der Waals surface area contributed by atoms with Crippen molar-refractivity contribution >= 4 is 17.3 Å². The summed E-state index contributed by atoms with van der Waals surface area (Å²) in [5.74, 6) is -2.76. The highest BCUT2D eigenvalue weighted by molar-refractivity contribution is 7.10. The van der Waals surface area contributed by atoms with Gasteiger partial charge in [0, 0.05) is 35.8 Å². The van der Waals surface area contributed by atoms with Gasteiger partial charge in [0.2, 0.25) is 0 Å². The summed E-state index contributed by atoms with van der Waals surface area (Å²) < 4.78 is 61.2. The Bertz CT molecular complexity index is 1320. The number of hydrogen-bond donors (Lipinski definition) is 2. The second kappa shape index (κ2) is 11.7. The summed E-state index contributed by atoms with van der Waals surface area (Å²) in [7, 11) is 0. The van der Waals surface area contributed by atoms with E-state index >= 15 is 0 Å². The lowest BCUT2D eigenvalue weighted by Crippen LogP contribution is -2.27. The standard InChI is InChI=1S/C18H19F2N5O2S.C2HF3O2/c1-2-23-7-12(3-4-16(23)26)13-5-15(28-10-13)9-24-11-22-25(18(24)27)8-14(6-21)17(19)20;3-2(4,5)1(6)7/h3-5,7,10-11H,2,6,8-9,21H2,1H3;(H,6,7). The molecular formula is C20H20F5N5O4S. The molecule has 3 aromatic rings. The Morgan fingerprint density at radius 2 is 1.83 bits per heavy atom. The van der Waals surface area contributed by atoms with Gasteiger partial charge in [-0.3, -0.25) is 9.36 Å². The molecule has 0 bridgehead atoms. The van der Waals surface area contributed by atoms with Crippen LogP contribution in [0, 0.1) is 0 Å². The molecule has 0 atom stereocenters. The molecule has 0 unspecified atom stereocenters. The molecule has 190 valence electrons. The zero-order valence-corrected chi connectivity index (χ0v) is 18.9. The molecule has 3 aromatic heterocycles. The van der Waals surface area contributed by atoms with Crippen LogP contribution < -0.4 is 17.0 Å². The van der Waals surface area contributed by atoms with Gasteiger partial charge in [0.25, 0.3) is 11.6 Å². The average molecular weight is 521 g/mol. The van der Waals surface area contributed by atoms with E-state index in [0.717, 1.165) is 20.7 Å². The number of alkyl halides is 3. The van der Waals surface area contributed by atoms with Crippen LogP contribution in [0.15, 0.2) is 57.3 Å². The molecule has 0 aliphatic carbocycles. The Balaban J connectivity index is 0.000000540. The Hall–Kier alpha value is -3.59. The zero-order chi connectivity index (χ0) is 26.3. The number of carboxylic acid groups (broad SMARTS) is 1. The molecule has 3 rings (SSSR count). The minimum absolute atomic E-state index is 0.0590. The molecule has 15 heteroatoms. The van der Waals surface area contributed by atoms with Crippen molar-refractivity contribution in [1.82, 2.24) is 18.9 Å². The maximum absolute atomic E-state index is 12.7. The summed E-state index contributed by atoms with van der Waals surface area (Å²) in [5.41, 5.74) is 6.26. The Morgan fingerprint density at radius 3 is 2.37 bits per heavy atom. The smallest absolute Gasteiger partial charge is 0.475 e. The van der Waals surface area contributed by atoms with Gasteiger partial charge in [-0.15, -0.1) is 11.3 Å². The van der Waals surface area contributed by atoms with Crippen molar-refractivity contribution in [1.29, 1.82) is 0 Å². The summed E-state index contributed by atoms with van der Waals surface area (Å²) >= 11 is 1.46. The zero-order valence-electron chi connectivity index (χ0n) is 18.1. The predicted molar refractivity (Wildman–Crippen MR) is 117 cm³/mol. The molecular weight excluding hydrogens is 501 g/mol. The van der Waals surface area contributed by atoms with Crippen LogP contribution in [0.1, 0.15) is 11.8 Å². The first-order valence-electron chi connectivity index (χ1n) is 9.81. The first kappa shape index (κ1) is 27.7. The number of carbonyl (C=O) groups is 1. The second-order valence-corrected chi connectivity index (χ2v) is 7.91. The van der Waals surface area contributed by atoms with Crippen LogP contribution in [0.3, 0.4) is 0 Å². The third-order valence-electron chi connectivity index (χ3n) is 4.53. The van der Waals surface area contributed by atoms with Gasteiger partial charge in [0.1, 0.15) is 6.33 Å². The highest BCUT2D eigenvalue weighted by atomic mass is 32.1. The first-order valence-corrected chi connectivity index (χ1v) is 10.7. The van der Waals surface area contributed by atoms with Crippen molar-refractivity contribution in [3.63, 3.8) is 0 Å². The van der Waals surface area contributed by atoms with Crippen LogP contribution in [0.4, 0.5) is 22.0 Å². The normalized spacial score (nSPS) is 11.1. The highest BCUT2D eigenvalue weighted by Crippen LogP contribution is 2.25. The number of halogens is 5. The van der Waals surface area contributed by atoms with Gasteiger partial charge in [-0.2, -0.15) is 27.1 Å². The van der Waals surface area contributed by atoms with E-state index in [1.165, 1.54) is 28.3 Å². The third kappa shape index (κ3) is 7.45. The van der Waals surface area contributed by atoms with Gasteiger partial charge in [-0.1, -0.05) is 0 Å². The maximum atomic E-state index is 12.7. The first-order chi connectivity index (χ1) is 16.4. The van der Waals surface area contributed by atoms with E-state index in [0.29, 0.717) is 6.54 Å². The quantitative estimate of drug-likeness (QED) is 0.461. The molecule has 0 amide bonds. The molecule has 0 saturated heterocycles. The van der Waals surface area contributed by atoms with Crippen molar-refractivity contribution in [2.45, 2.75) is 32.7 Å². The van der Waals surface area contributed by atoms with Crippen LogP contribution in [0.25, 0.3) is 11.1 Å². The topological polar surface area (TPSA) is 125 Å². The van der Waals surface area contributed by atoms with Crippen LogP contribution in [0.5, 0.6) is 0 Å². The summed E-state index contributed by atoms with van der Waals surface area (Å²) in [5, 5.41) is 13.0. The second-order valence-electron chi connectivity index (χ2n) is 6.91. The number of carboxylic acids is 1. The van der Waals surface area contributed by atoms with E-state index in [4.69, 9.17) is 15.6 Å². The number of nitrogens with zero attached hydrogens (tertiary/aromatic N) is 4. The minimum atomic E-state index is -5.08. The molecule has 0 aliphatic rings. The van der Waals surface area contributed by atoms with E-state index < -0.39 is 23.9 Å². The number of nitrogens with two attached hydrogens (primary N) is 1. The van der Waals surface area contributed by atoms with Crippen LogP contribution in [0.2, 0.25) is 0 Å². The fraction of sp³-hybridized carbons (Fsp3) is 0.300. The number of pyridine rings is 1. The van der Waals surface area contributed by atoms with E-state index in [2.05, 4.69) is 5.10 Å². The molecule has 35 heavy (non-hydrogen) atoms. The van der Waals surface area contributed by atoms with Crippen molar-refractivity contribution in [3.8, 4) is 11.1 Å². The number of aliphatic carboxylic acids is 1. The Kier molecular flexibility index (Phi) is 9.25. The number of rotatable bonds is 7. The van der Waals surface area contributed by atoms with E-state index in [1.807, 2.05) is 18.4 Å². The molecule has 0 radical (unpaired) electrons. The molecule has 0 fully saturated rings. The number of aryl methyl sites for hydroxylation is 1. The van der Waals surface area contributed by atoms with E-state index in [-0.39, 0.29) is 30.8 Å². The minimum Gasteiger partial charge on any atom is -0.475 e.